The molecule has 0 unspecified atom stereocenters. The zero-order valence-electron chi connectivity index (χ0n) is 7.95. The van der Waals surface area contributed by atoms with Gasteiger partial charge in [-0.1, -0.05) is 6.92 Å². The van der Waals surface area contributed by atoms with Crippen molar-refractivity contribution in [2.24, 2.45) is 11.8 Å². The van der Waals surface area contributed by atoms with E-state index < -0.39 is 5.97 Å². The molecule has 0 saturated heterocycles. The molecule has 1 fully saturated rings. The largest absolute Gasteiger partial charge is 0.481 e. The standard InChI is InChI=1S/C10H16O3/c1-7-2-4-9(11)8(6-7)3-5-10(12)13/h7-8H,2-6H2,1H3,(H,12,13)/t7-,8+/m1/s1. The first-order valence-corrected chi connectivity index (χ1v) is 4.84. The van der Waals surface area contributed by atoms with E-state index in [0.29, 0.717) is 18.8 Å². The predicted octanol–water partition coefficient (Wildman–Crippen LogP) is 1.86. The molecule has 1 N–H and O–H groups in total. The first-order chi connectivity index (χ1) is 6.09. The number of ketones is 1. The molecule has 0 heterocycles. The van der Waals surface area contributed by atoms with Gasteiger partial charge in [-0.3, -0.25) is 9.59 Å². The molecule has 1 aliphatic rings. The van der Waals surface area contributed by atoms with Crippen molar-refractivity contribution in [3.05, 3.63) is 0 Å². The fourth-order valence-corrected chi connectivity index (χ4v) is 1.90. The summed E-state index contributed by atoms with van der Waals surface area (Å²) in [6.07, 6.45) is 3.15. The van der Waals surface area contributed by atoms with Crippen LogP contribution in [0.15, 0.2) is 0 Å². The molecule has 1 rings (SSSR count). The van der Waals surface area contributed by atoms with E-state index >= 15 is 0 Å². The Bertz CT molecular complexity index is 210. The molecule has 0 aromatic heterocycles. The average molecular weight is 184 g/mol. The highest BCUT2D eigenvalue weighted by Crippen LogP contribution is 2.28. The van der Waals surface area contributed by atoms with Crippen molar-refractivity contribution in [1.29, 1.82) is 0 Å². The van der Waals surface area contributed by atoms with Gasteiger partial charge in [0.15, 0.2) is 0 Å². The van der Waals surface area contributed by atoms with Crippen LogP contribution in [0.2, 0.25) is 0 Å². The molecule has 2 atom stereocenters. The number of carboxylic acids is 1. The summed E-state index contributed by atoms with van der Waals surface area (Å²) >= 11 is 0. The molecule has 0 aromatic rings. The molecule has 0 spiro atoms. The van der Waals surface area contributed by atoms with Gasteiger partial charge in [-0.05, 0) is 25.2 Å². The summed E-state index contributed by atoms with van der Waals surface area (Å²) < 4.78 is 0. The number of hydrogen-bond acceptors (Lipinski definition) is 2. The van der Waals surface area contributed by atoms with Crippen LogP contribution in [0, 0.1) is 11.8 Å². The number of hydrogen-bond donors (Lipinski definition) is 1. The smallest absolute Gasteiger partial charge is 0.303 e. The Morgan fingerprint density at radius 3 is 2.92 bits per heavy atom. The van der Waals surface area contributed by atoms with Gasteiger partial charge >= 0.3 is 5.97 Å². The zero-order valence-corrected chi connectivity index (χ0v) is 7.95. The lowest BCUT2D eigenvalue weighted by molar-refractivity contribution is -0.137. The lowest BCUT2D eigenvalue weighted by Gasteiger charge is -2.24. The topological polar surface area (TPSA) is 54.4 Å². The quantitative estimate of drug-likeness (QED) is 0.728. The van der Waals surface area contributed by atoms with Crippen molar-refractivity contribution in [2.75, 3.05) is 0 Å². The van der Waals surface area contributed by atoms with Gasteiger partial charge in [0.1, 0.15) is 5.78 Å². The van der Waals surface area contributed by atoms with Gasteiger partial charge in [-0.15, -0.1) is 0 Å². The SMILES string of the molecule is C[C@@H]1CCC(=O)[C@@H](CCC(=O)O)C1. The van der Waals surface area contributed by atoms with E-state index in [1.165, 1.54) is 0 Å². The van der Waals surface area contributed by atoms with Gasteiger partial charge in [0.2, 0.25) is 0 Å². The molecule has 0 aliphatic heterocycles. The second kappa shape index (κ2) is 4.40. The van der Waals surface area contributed by atoms with Gasteiger partial charge < -0.3 is 5.11 Å². The number of rotatable bonds is 3. The summed E-state index contributed by atoms with van der Waals surface area (Å²) in [7, 11) is 0. The number of carbonyl (C=O) groups is 2. The van der Waals surface area contributed by atoms with Gasteiger partial charge in [0, 0.05) is 18.8 Å². The minimum absolute atomic E-state index is 0.0137. The Balaban J connectivity index is 2.37. The second-order valence-electron chi connectivity index (χ2n) is 3.98. The fourth-order valence-electron chi connectivity index (χ4n) is 1.90. The normalized spacial score (nSPS) is 28.8. The van der Waals surface area contributed by atoms with E-state index in [1.807, 2.05) is 0 Å². The number of carboxylic acid groups (broad SMARTS) is 1. The van der Waals surface area contributed by atoms with Gasteiger partial charge in [-0.2, -0.15) is 0 Å². The Kier molecular flexibility index (Phi) is 3.46. The minimum Gasteiger partial charge on any atom is -0.481 e. The highest BCUT2D eigenvalue weighted by molar-refractivity contribution is 5.82. The average Bonchev–Trinajstić information content (AvgIpc) is 2.06. The molecule has 0 bridgehead atoms. The summed E-state index contributed by atoms with van der Waals surface area (Å²) in [5, 5.41) is 8.48. The van der Waals surface area contributed by atoms with E-state index in [2.05, 4.69) is 6.92 Å². The Labute approximate surface area is 78.1 Å². The first kappa shape index (κ1) is 10.2. The van der Waals surface area contributed by atoms with E-state index in [-0.39, 0.29) is 18.1 Å². The first-order valence-electron chi connectivity index (χ1n) is 4.84. The molecule has 13 heavy (non-hydrogen) atoms. The zero-order chi connectivity index (χ0) is 9.84. The molecule has 3 heteroatoms. The summed E-state index contributed by atoms with van der Waals surface area (Å²) in [4.78, 5) is 21.7. The highest BCUT2D eigenvalue weighted by atomic mass is 16.4. The second-order valence-corrected chi connectivity index (χ2v) is 3.98. The van der Waals surface area contributed by atoms with Crippen LogP contribution >= 0.6 is 0 Å². The molecular formula is C10H16O3. The monoisotopic (exact) mass is 184 g/mol. The van der Waals surface area contributed by atoms with Crippen LogP contribution in [0.5, 0.6) is 0 Å². The van der Waals surface area contributed by atoms with Crippen LogP contribution in [0.3, 0.4) is 0 Å². The number of Topliss-reactive ketones (excluding diaryl/α,β-unsaturated/α-hetero) is 1. The van der Waals surface area contributed by atoms with Crippen LogP contribution in [0.1, 0.15) is 39.0 Å². The van der Waals surface area contributed by atoms with E-state index in [9.17, 15) is 9.59 Å². The van der Waals surface area contributed by atoms with Crippen LogP contribution in [0.4, 0.5) is 0 Å². The third-order valence-electron chi connectivity index (χ3n) is 2.73. The maximum absolute atomic E-state index is 11.4. The molecule has 74 valence electrons. The van der Waals surface area contributed by atoms with Crippen LogP contribution < -0.4 is 0 Å². The van der Waals surface area contributed by atoms with Crippen molar-refractivity contribution >= 4 is 11.8 Å². The highest BCUT2D eigenvalue weighted by Gasteiger charge is 2.26. The number of aliphatic carboxylic acids is 1. The maximum Gasteiger partial charge on any atom is 0.303 e. The van der Waals surface area contributed by atoms with E-state index in [0.717, 1.165) is 12.8 Å². The minimum atomic E-state index is -0.800. The van der Waals surface area contributed by atoms with Crippen molar-refractivity contribution < 1.29 is 14.7 Å². The molecule has 0 amide bonds. The molecular weight excluding hydrogens is 168 g/mol. The number of carbonyl (C=O) groups excluding carboxylic acids is 1. The Morgan fingerprint density at radius 2 is 2.31 bits per heavy atom. The van der Waals surface area contributed by atoms with Crippen molar-refractivity contribution in [3.8, 4) is 0 Å². The summed E-state index contributed by atoms with van der Waals surface area (Å²) in [6.45, 7) is 2.13. The van der Waals surface area contributed by atoms with Gasteiger partial charge in [-0.25, -0.2) is 0 Å². The summed E-state index contributed by atoms with van der Waals surface area (Å²) in [6, 6.07) is 0. The molecule has 1 saturated carbocycles. The molecule has 1 aliphatic carbocycles. The summed E-state index contributed by atoms with van der Waals surface area (Å²) in [5.41, 5.74) is 0. The third kappa shape index (κ3) is 3.17. The lowest BCUT2D eigenvalue weighted by Crippen LogP contribution is -2.24. The van der Waals surface area contributed by atoms with Crippen LogP contribution in [-0.4, -0.2) is 16.9 Å². The molecule has 0 radical (unpaired) electrons. The van der Waals surface area contributed by atoms with Crippen LogP contribution in [-0.2, 0) is 9.59 Å². The molecule has 3 nitrogen and oxygen atoms in total. The lowest BCUT2D eigenvalue weighted by atomic mass is 9.79. The van der Waals surface area contributed by atoms with Crippen molar-refractivity contribution in [3.63, 3.8) is 0 Å². The van der Waals surface area contributed by atoms with Crippen molar-refractivity contribution in [2.45, 2.75) is 39.0 Å². The fraction of sp³-hybridized carbons (Fsp3) is 0.800. The maximum atomic E-state index is 11.4. The molecule has 0 aromatic carbocycles. The Morgan fingerprint density at radius 1 is 1.62 bits per heavy atom. The Hall–Kier alpha value is -0.860. The van der Waals surface area contributed by atoms with E-state index in [4.69, 9.17) is 5.11 Å². The van der Waals surface area contributed by atoms with Crippen molar-refractivity contribution in [1.82, 2.24) is 0 Å². The predicted molar refractivity (Wildman–Crippen MR) is 48.4 cm³/mol. The third-order valence-corrected chi connectivity index (χ3v) is 2.73. The van der Waals surface area contributed by atoms with Crippen LogP contribution in [0.25, 0.3) is 0 Å². The van der Waals surface area contributed by atoms with E-state index in [1.54, 1.807) is 0 Å². The summed E-state index contributed by atoms with van der Waals surface area (Å²) in [5.74, 6) is 0.0571. The van der Waals surface area contributed by atoms with Gasteiger partial charge in [0.25, 0.3) is 0 Å². The van der Waals surface area contributed by atoms with Gasteiger partial charge in [0.05, 0.1) is 0 Å².